The zero-order chi connectivity index (χ0) is 10.6. The van der Waals surface area contributed by atoms with Crippen LogP contribution in [0.2, 0.25) is 0 Å². The third-order valence-electron chi connectivity index (χ3n) is 1.90. The van der Waals surface area contributed by atoms with E-state index >= 15 is 0 Å². The first-order chi connectivity index (χ1) is 6.72. The quantitative estimate of drug-likeness (QED) is 0.832. The van der Waals surface area contributed by atoms with Crippen molar-refractivity contribution in [1.82, 2.24) is 0 Å². The van der Waals surface area contributed by atoms with Gasteiger partial charge in [-0.05, 0) is 24.5 Å². The maximum atomic E-state index is 11.5. The van der Waals surface area contributed by atoms with Crippen LogP contribution in [0, 0.1) is 0 Å². The molecular weight excluding hydrogens is 198 g/mol. The van der Waals surface area contributed by atoms with Crippen LogP contribution in [-0.4, -0.2) is 25.5 Å². The van der Waals surface area contributed by atoms with Crippen molar-refractivity contribution in [2.75, 3.05) is 25.7 Å². The van der Waals surface area contributed by atoms with Gasteiger partial charge >= 0.3 is 0 Å². The lowest BCUT2D eigenvalue weighted by Crippen LogP contribution is -2.00. The van der Waals surface area contributed by atoms with E-state index in [-0.39, 0.29) is 5.12 Å². The highest BCUT2D eigenvalue weighted by Crippen LogP contribution is 2.24. The monoisotopic (exact) mass is 211 g/mol. The number of hydrogen-bond acceptors (Lipinski definition) is 4. The summed E-state index contributed by atoms with van der Waals surface area (Å²) < 4.78 is 5.06. The Morgan fingerprint density at radius 2 is 2.21 bits per heavy atom. The molecule has 0 heterocycles. The minimum absolute atomic E-state index is 0.0354. The molecule has 76 valence electrons. The van der Waals surface area contributed by atoms with Crippen molar-refractivity contribution in [3.63, 3.8) is 0 Å². The zero-order valence-corrected chi connectivity index (χ0v) is 9.27. The predicted octanol–water partition coefficient (Wildman–Crippen LogP) is 2.24. The van der Waals surface area contributed by atoms with E-state index in [1.165, 1.54) is 11.8 Å². The topological polar surface area (TPSA) is 38.3 Å². The first-order valence-electron chi connectivity index (χ1n) is 4.17. The summed E-state index contributed by atoms with van der Waals surface area (Å²) in [6.07, 6.45) is 1.77. The van der Waals surface area contributed by atoms with Gasteiger partial charge in [-0.2, -0.15) is 0 Å². The van der Waals surface area contributed by atoms with Crippen molar-refractivity contribution in [1.29, 1.82) is 0 Å². The van der Waals surface area contributed by atoms with Crippen LogP contribution < -0.4 is 10.1 Å². The van der Waals surface area contributed by atoms with E-state index < -0.39 is 0 Å². The molecule has 1 aromatic carbocycles. The van der Waals surface area contributed by atoms with Gasteiger partial charge in [0, 0.05) is 12.7 Å². The molecule has 0 unspecified atom stereocenters. The van der Waals surface area contributed by atoms with Crippen LogP contribution in [0.4, 0.5) is 5.69 Å². The average molecular weight is 211 g/mol. The fraction of sp³-hybridized carbons (Fsp3) is 0.300. The van der Waals surface area contributed by atoms with E-state index in [9.17, 15) is 4.79 Å². The van der Waals surface area contributed by atoms with Crippen molar-refractivity contribution in [3.05, 3.63) is 23.8 Å². The summed E-state index contributed by atoms with van der Waals surface area (Å²) in [6, 6.07) is 5.40. The van der Waals surface area contributed by atoms with Gasteiger partial charge in [-0.15, -0.1) is 0 Å². The van der Waals surface area contributed by atoms with E-state index in [1.807, 2.05) is 12.1 Å². The summed E-state index contributed by atoms with van der Waals surface area (Å²) >= 11 is 1.19. The molecule has 14 heavy (non-hydrogen) atoms. The largest absolute Gasteiger partial charge is 0.497 e. The van der Waals surface area contributed by atoms with E-state index in [1.54, 1.807) is 26.5 Å². The number of thioether (sulfide) groups is 1. The minimum Gasteiger partial charge on any atom is -0.497 e. The highest BCUT2D eigenvalue weighted by molar-refractivity contribution is 8.13. The molecule has 0 aromatic heterocycles. The maximum Gasteiger partial charge on any atom is 0.221 e. The third kappa shape index (κ3) is 2.20. The van der Waals surface area contributed by atoms with Crippen LogP contribution >= 0.6 is 11.8 Å². The van der Waals surface area contributed by atoms with Crippen LogP contribution in [0.5, 0.6) is 5.75 Å². The van der Waals surface area contributed by atoms with Gasteiger partial charge in [0.05, 0.1) is 12.7 Å². The third-order valence-corrected chi connectivity index (χ3v) is 2.49. The van der Waals surface area contributed by atoms with Crippen molar-refractivity contribution in [2.24, 2.45) is 0 Å². The number of carbonyl (C=O) groups is 1. The van der Waals surface area contributed by atoms with Gasteiger partial charge < -0.3 is 10.1 Å². The summed E-state index contributed by atoms with van der Waals surface area (Å²) in [6.45, 7) is 0. The molecule has 1 rings (SSSR count). The molecule has 4 heteroatoms. The minimum atomic E-state index is 0.0354. The molecule has 0 saturated heterocycles. The molecule has 0 amide bonds. The number of carbonyl (C=O) groups excluding carboxylic acids is 1. The van der Waals surface area contributed by atoms with E-state index in [2.05, 4.69) is 5.32 Å². The summed E-state index contributed by atoms with van der Waals surface area (Å²) in [4.78, 5) is 11.5. The summed E-state index contributed by atoms with van der Waals surface area (Å²) in [5.74, 6) is 0.696. The second-order valence-corrected chi connectivity index (χ2v) is 3.43. The Labute approximate surface area is 87.8 Å². The molecule has 0 radical (unpaired) electrons. The van der Waals surface area contributed by atoms with Crippen LogP contribution in [0.1, 0.15) is 10.4 Å². The number of anilines is 1. The molecule has 0 bridgehead atoms. The smallest absolute Gasteiger partial charge is 0.221 e. The molecule has 0 atom stereocenters. The van der Waals surface area contributed by atoms with E-state index in [4.69, 9.17) is 4.74 Å². The van der Waals surface area contributed by atoms with Gasteiger partial charge in [0.1, 0.15) is 5.75 Å². The van der Waals surface area contributed by atoms with Gasteiger partial charge in [-0.25, -0.2) is 0 Å². The summed E-state index contributed by atoms with van der Waals surface area (Å²) in [7, 11) is 3.38. The lowest BCUT2D eigenvalue weighted by Gasteiger charge is -2.08. The number of nitrogens with one attached hydrogen (secondary N) is 1. The average Bonchev–Trinajstić information content (AvgIpc) is 2.27. The van der Waals surface area contributed by atoms with Crippen molar-refractivity contribution in [3.8, 4) is 5.75 Å². The molecule has 3 nitrogen and oxygen atoms in total. The molecule has 0 aliphatic carbocycles. The van der Waals surface area contributed by atoms with Gasteiger partial charge in [0.15, 0.2) is 0 Å². The Morgan fingerprint density at radius 3 is 2.71 bits per heavy atom. The molecular formula is C10H13NO2S. The normalized spacial score (nSPS) is 9.64. The van der Waals surface area contributed by atoms with Crippen LogP contribution in [0.15, 0.2) is 18.2 Å². The molecule has 0 spiro atoms. The van der Waals surface area contributed by atoms with Crippen molar-refractivity contribution in [2.45, 2.75) is 0 Å². The van der Waals surface area contributed by atoms with E-state index in [0.29, 0.717) is 11.3 Å². The second-order valence-electron chi connectivity index (χ2n) is 2.65. The number of ether oxygens (including phenoxy) is 1. The van der Waals surface area contributed by atoms with Gasteiger partial charge in [0.2, 0.25) is 5.12 Å². The van der Waals surface area contributed by atoms with Crippen molar-refractivity contribution < 1.29 is 9.53 Å². The lowest BCUT2D eigenvalue weighted by molar-refractivity contribution is 0.109. The van der Waals surface area contributed by atoms with Crippen LogP contribution in [0.3, 0.4) is 0 Å². The molecule has 0 aliphatic heterocycles. The number of hydrogen-bond donors (Lipinski definition) is 1. The Morgan fingerprint density at radius 1 is 1.50 bits per heavy atom. The van der Waals surface area contributed by atoms with E-state index in [0.717, 1.165) is 5.69 Å². The zero-order valence-electron chi connectivity index (χ0n) is 8.46. The molecule has 0 saturated carbocycles. The number of rotatable bonds is 3. The maximum absolute atomic E-state index is 11.5. The Balaban J connectivity index is 3.14. The number of benzene rings is 1. The fourth-order valence-electron chi connectivity index (χ4n) is 1.15. The standard InChI is InChI=1S/C10H13NO2S/c1-11-9-5-4-7(13-2)6-8(9)10(12)14-3/h4-6,11H,1-3H3. The Bertz CT molecular complexity index is 339. The first-order valence-corrected chi connectivity index (χ1v) is 5.39. The SMILES string of the molecule is CNc1ccc(OC)cc1C(=O)SC. The van der Waals surface area contributed by atoms with Gasteiger partial charge in [-0.1, -0.05) is 11.8 Å². The second kappa shape index (κ2) is 4.91. The molecule has 1 aromatic rings. The fourth-order valence-corrected chi connectivity index (χ4v) is 1.54. The number of methoxy groups -OCH3 is 1. The molecule has 0 fully saturated rings. The van der Waals surface area contributed by atoms with Crippen molar-refractivity contribution >= 4 is 22.6 Å². The van der Waals surface area contributed by atoms with Gasteiger partial charge in [-0.3, -0.25) is 4.79 Å². The lowest BCUT2D eigenvalue weighted by atomic mass is 10.2. The van der Waals surface area contributed by atoms with Gasteiger partial charge in [0.25, 0.3) is 0 Å². The highest BCUT2D eigenvalue weighted by atomic mass is 32.2. The molecule has 1 N–H and O–H groups in total. The summed E-state index contributed by atoms with van der Waals surface area (Å²) in [5.41, 5.74) is 1.48. The van der Waals surface area contributed by atoms with Crippen LogP contribution in [0.25, 0.3) is 0 Å². The highest BCUT2D eigenvalue weighted by Gasteiger charge is 2.10. The summed E-state index contributed by atoms with van der Waals surface area (Å²) in [5, 5.41) is 3.01. The van der Waals surface area contributed by atoms with Crippen LogP contribution in [-0.2, 0) is 0 Å². The Hall–Kier alpha value is -1.16. The molecule has 0 aliphatic rings. The predicted molar refractivity (Wildman–Crippen MR) is 60.4 cm³/mol. The first kappa shape index (κ1) is 10.9. The Kier molecular flexibility index (Phi) is 3.83.